The van der Waals surface area contributed by atoms with E-state index < -0.39 is 11.4 Å². The molecule has 2 aliphatic heterocycles. The Bertz CT molecular complexity index is 933. The van der Waals surface area contributed by atoms with E-state index in [-0.39, 0.29) is 17.1 Å². The van der Waals surface area contributed by atoms with Crippen molar-refractivity contribution >= 4 is 34.6 Å². The molecule has 4 heterocycles. The minimum atomic E-state index is -1.24. The Labute approximate surface area is 147 Å². The largest absolute Gasteiger partial charge is 0.477 e. The zero-order valence-corrected chi connectivity index (χ0v) is 14.1. The van der Waals surface area contributed by atoms with E-state index in [1.807, 2.05) is 5.41 Å². The van der Waals surface area contributed by atoms with Gasteiger partial charge in [0.1, 0.15) is 17.0 Å². The first kappa shape index (κ1) is 16.0. The van der Waals surface area contributed by atoms with Gasteiger partial charge in [-0.3, -0.25) is 4.79 Å². The third kappa shape index (κ3) is 2.75. The first-order valence-corrected chi connectivity index (χ1v) is 8.85. The van der Waals surface area contributed by atoms with Crippen molar-refractivity contribution in [3.63, 3.8) is 0 Å². The predicted molar refractivity (Wildman–Crippen MR) is 96.7 cm³/mol. The van der Waals surface area contributed by atoms with Crippen molar-refractivity contribution in [2.24, 2.45) is 5.73 Å². The first-order valence-electron chi connectivity index (χ1n) is 7.91. The van der Waals surface area contributed by atoms with Gasteiger partial charge in [-0.2, -0.15) is 0 Å². The lowest BCUT2D eigenvalue weighted by atomic mass is 10.2. The Balaban J connectivity index is 1.90. The second-order valence-electron chi connectivity index (χ2n) is 6.08. The number of anilines is 1. The van der Waals surface area contributed by atoms with Crippen molar-refractivity contribution in [1.29, 1.82) is 0 Å². The minimum absolute atomic E-state index is 0.116. The van der Waals surface area contributed by atoms with E-state index >= 15 is 0 Å². The van der Waals surface area contributed by atoms with E-state index in [0.717, 1.165) is 18.8 Å². The molecule has 8 nitrogen and oxygen atoms in total. The molecule has 0 bridgehead atoms. The van der Waals surface area contributed by atoms with Gasteiger partial charge >= 0.3 is 5.97 Å². The van der Waals surface area contributed by atoms with Gasteiger partial charge in [-0.05, 0) is 24.0 Å². The van der Waals surface area contributed by atoms with Crippen LogP contribution in [0.1, 0.15) is 22.3 Å². The summed E-state index contributed by atoms with van der Waals surface area (Å²) < 4.78 is 1.70. The molecule has 1 unspecified atom stereocenters. The van der Waals surface area contributed by atoms with Gasteiger partial charge in [0.15, 0.2) is 5.50 Å². The molecule has 0 radical (unpaired) electrons. The number of thioether (sulfide) groups is 1. The minimum Gasteiger partial charge on any atom is -0.477 e. The van der Waals surface area contributed by atoms with Crippen LogP contribution in [-0.4, -0.2) is 39.8 Å². The van der Waals surface area contributed by atoms with Crippen molar-refractivity contribution in [2.45, 2.75) is 18.0 Å². The highest BCUT2D eigenvalue weighted by Gasteiger charge is 2.24. The van der Waals surface area contributed by atoms with E-state index in [9.17, 15) is 14.7 Å². The fraction of sp³-hybridized carbons (Fsp3) is 0.312. The van der Waals surface area contributed by atoms with Crippen LogP contribution >= 0.6 is 11.8 Å². The van der Waals surface area contributed by atoms with E-state index in [2.05, 4.69) is 15.2 Å². The Hall–Kier alpha value is -2.52. The molecule has 4 rings (SSSR count). The van der Waals surface area contributed by atoms with Crippen molar-refractivity contribution < 1.29 is 9.90 Å². The van der Waals surface area contributed by atoms with Crippen LogP contribution in [0.4, 0.5) is 5.82 Å². The number of aromatic nitrogens is 2. The number of hydrogen-bond acceptors (Lipinski definition) is 7. The summed E-state index contributed by atoms with van der Waals surface area (Å²) in [5, 5.41) is 14.6. The Morgan fingerprint density at radius 1 is 1.44 bits per heavy atom. The summed E-state index contributed by atoms with van der Waals surface area (Å²) in [4.78, 5) is 30.7. The lowest BCUT2D eigenvalue weighted by Gasteiger charge is -2.21. The van der Waals surface area contributed by atoms with Crippen LogP contribution < -0.4 is 21.4 Å². The van der Waals surface area contributed by atoms with Gasteiger partial charge in [-0.15, -0.1) is 0 Å². The molecular weight excluding hydrogens is 342 g/mol. The molecule has 2 aromatic rings. The number of fused-ring (bicyclic) bond motifs is 1. The highest BCUT2D eigenvalue weighted by atomic mass is 32.2. The van der Waals surface area contributed by atoms with E-state index in [4.69, 9.17) is 5.73 Å². The zero-order chi connectivity index (χ0) is 17.6. The molecule has 4 N–H and O–H groups in total. The van der Waals surface area contributed by atoms with Crippen molar-refractivity contribution in [3.8, 4) is 0 Å². The average molecular weight is 359 g/mol. The van der Waals surface area contributed by atoms with Gasteiger partial charge in [-0.1, -0.05) is 11.8 Å². The van der Waals surface area contributed by atoms with Gasteiger partial charge in [0.2, 0.25) is 5.43 Å². The van der Waals surface area contributed by atoms with Crippen LogP contribution in [0, 0.1) is 0 Å². The fourth-order valence-electron chi connectivity index (χ4n) is 3.14. The van der Waals surface area contributed by atoms with Crippen LogP contribution in [0.5, 0.6) is 0 Å². The third-order valence-electron chi connectivity index (χ3n) is 4.41. The molecule has 0 spiro atoms. The number of pyridine rings is 2. The van der Waals surface area contributed by atoms with E-state index in [1.165, 1.54) is 18.0 Å². The maximum absolute atomic E-state index is 12.5. The summed E-state index contributed by atoms with van der Waals surface area (Å²) in [6.45, 7) is 1.53. The normalized spacial score (nSPS) is 22.5. The maximum atomic E-state index is 12.5. The van der Waals surface area contributed by atoms with E-state index in [1.54, 1.807) is 22.9 Å². The molecule has 2 aliphatic rings. The van der Waals surface area contributed by atoms with Crippen LogP contribution in [0.2, 0.25) is 0 Å². The van der Waals surface area contributed by atoms with Gasteiger partial charge in [0.25, 0.3) is 0 Å². The Kier molecular flexibility index (Phi) is 3.89. The molecule has 9 heteroatoms. The fourth-order valence-corrected chi connectivity index (χ4v) is 3.89. The number of nitrogens with one attached hydrogen (secondary N) is 1. The van der Waals surface area contributed by atoms with Crippen molar-refractivity contribution in [1.82, 2.24) is 14.9 Å². The topological polar surface area (TPSA) is 113 Å². The molecule has 1 saturated heterocycles. The summed E-state index contributed by atoms with van der Waals surface area (Å²) in [6, 6.07) is 3.52. The molecule has 0 saturated carbocycles. The van der Waals surface area contributed by atoms with Gasteiger partial charge in [0, 0.05) is 31.5 Å². The molecule has 2 aromatic heterocycles. The summed E-state index contributed by atoms with van der Waals surface area (Å²) in [7, 11) is 0. The summed E-state index contributed by atoms with van der Waals surface area (Å²) >= 11 is 1.48. The Morgan fingerprint density at radius 2 is 2.28 bits per heavy atom. The molecular formula is C16H17N5O3S. The van der Waals surface area contributed by atoms with Crippen molar-refractivity contribution in [2.75, 3.05) is 18.0 Å². The smallest absolute Gasteiger partial charge is 0.341 e. The average Bonchev–Trinajstić information content (AvgIpc) is 3.26. The zero-order valence-electron chi connectivity index (χ0n) is 13.3. The number of nitrogens with zero attached hydrogens (tertiary/aromatic N) is 3. The van der Waals surface area contributed by atoms with Gasteiger partial charge in [0.05, 0.1) is 5.39 Å². The number of nitrogens with two attached hydrogens (primary N) is 1. The highest BCUT2D eigenvalue weighted by molar-refractivity contribution is 8.02. The molecule has 0 aliphatic carbocycles. The predicted octanol–water partition coefficient (Wildman–Crippen LogP) is 0.896. The summed E-state index contributed by atoms with van der Waals surface area (Å²) in [6.07, 6.45) is 4.04. The SMILES string of the molecule is N[C@@H]1CCN(c2ccc3c(=O)c(C(=O)O)cn(C4NC=CS4)c3n2)C1. The van der Waals surface area contributed by atoms with Crippen LogP contribution in [0.15, 0.2) is 34.7 Å². The van der Waals surface area contributed by atoms with Crippen LogP contribution in [-0.2, 0) is 0 Å². The number of aromatic carboxylic acids is 1. The van der Waals surface area contributed by atoms with Crippen LogP contribution in [0.3, 0.4) is 0 Å². The molecule has 0 aromatic carbocycles. The molecule has 2 atom stereocenters. The standard InChI is InChI=1S/C16H17N5O3S/c17-9-3-5-20(7-9)12-2-1-10-13(22)11(15(23)24)8-21(14(10)19-12)16-18-4-6-25-16/h1-2,4,6,8-9,16,18H,3,5,7,17H2,(H,23,24)/t9-,16?/m1/s1. The number of rotatable bonds is 3. The number of carboxylic acid groups (broad SMARTS) is 1. The Morgan fingerprint density at radius 3 is 2.92 bits per heavy atom. The molecule has 25 heavy (non-hydrogen) atoms. The van der Waals surface area contributed by atoms with E-state index in [0.29, 0.717) is 17.6 Å². The van der Waals surface area contributed by atoms with Gasteiger partial charge < -0.3 is 25.6 Å². The van der Waals surface area contributed by atoms with Crippen molar-refractivity contribution in [3.05, 3.63) is 45.7 Å². The monoisotopic (exact) mass is 359 g/mol. The van der Waals surface area contributed by atoms with Gasteiger partial charge in [-0.25, -0.2) is 9.78 Å². The second-order valence-corrected chi connectivity index (χ2v) is 7.07. The quantitative estimate of drug-likeness (QED) is 0.741. The summed E-state index contributed by atoms with van der Waals surface area (Å²) in [5.74, 6) is -0.501. The second kappa shape index (κ2) is 6.08. The maximum Gasteiger partial charge on any atom is 0.341 e. The van der Waals surface area contributed by atoms with Crippen LogP contribution in [0.25, 0.3) is 11.0 Å². The lowest BCUT2D eigenvalue weighted by Crippen LogP contribution is -2.28. The summed E-state index contributed by atoms with van der Waals surface area (Å²) in [5.41, 5.74) is 5.40. The third-order valence-corrected chi connectivity index (χ3v) is 5.32. The highest BCUT2D eigenvalue weighted by Crippen LogP contribution is 2.29. The molecule has 0 amide bonds. The number of carbonyl (C=O) groups is 1. The first-order chi connectivity index (χ1) is 12.0. The lowest BCUT2D eigenvalue weighted by molar-refractivity contribution is 0.0695. The molecule has 130 valence electrons. The number of hydrogen-bond donors (Lipinski definition) is 3. The molecule has 1 fully saturated rings. The number of carboxylic acids is 1.